The van der Waals surface area contributed by atoms with Crippen LogP contribution in [0.3, 0.4) is 0 Å². The highest BCUT2D eigenvalue weighted by molar-refractivity contribution is 7.85. The second-order valence-electron chi connectivity index (χ2n) is 4.72. The lowest BCUT2D eigenvalue weighted by Gasteiger charge is -2.06. The highest BCUT2D eigenvalue weighted by Gasteiger charge is 2.10. The Morgan fingerprint density at radius 1 is 1.26 bits per heavy atom. The van der Waals surface area contributed by atoms with Gasteiger partial charge in [0.25, 0.3) is 10.1 Å². The Hall–Kier alpha value is -1.40. The van der Waals surface area contributed by atoms with Gasteiger partial charge in [-0.05, 0) is 30.0 Å². The summed E-state index contributed by atoms with van der Waals surface area (Å²) in [5.74, 6) is -0.656. The van der Waals surface area contributed by atoms with Gasteiger partial charge in [-0.15, -0.1) is 0 Å². The summed E-state index contributed by atoms with van der Waals surface area (Å²) >= 11 is 0. The summed E-state index contributed by atoms with van der Waals surface area (Å²) in [6.07, 6.45) is 0.929. The Morgan fingerprint density at radius 2 is 1.84 bits per heavy atom. The zero-order valence-corrected chi connectivity index (χ0v) is 11.8. The molecule has 0 saturated carbocycles. The lowest BCUT2D eigenvalue weighted by Crippen LogP contribution is -2.14. The van der Waals surface area contributed by atoms with Crippen LogP contribution in [0.5, 0.6) is 0 Å². The predicted molar refractivity (Wildman–Crippen MR) is 71.7 cm³/mol. The van der Waals surface area contributed by atoms with Crippen LogP contribution in [0.4, 0.5) is 0 Å². The molecule has 1 N–H and O–H groups in total. The first kappa shape index (κ1) is 15.7. The summed E-state index contributed by atoms with van der Waals surface area (Å²) in [7, 11) is -4.10. The topological polar surface area (TPSA) is 80.7 Å². The minimum absolute atomic E-state index is 0.356. The Bertz CT molecular complexity index is 516. The van der Waals surface area contributed by atoms with Crippen LogP contribution in [0.15, 0.2) is 24.3 Å². The number of benzene rings is 1. The first-order valence-corrected chi connectivity index (χ1v) is 7.60. The van der Waals surface area contributed by atoms with Gasteiger partial charge in [-0.2, -0.15) is 8.42 Å². The van der Waals surface area contributed by atoms with Gasteiger partial charge in [-0.3, -0.25) is 4.55 Å². The van der Waals surface area contributed by atoms with Gasteiger partial charge in [0, 0.05) is 0 Å². The van der Waals surface area contributed by atoms with E-state index in [-0.39, 0.29) is 6.61 Å². The molecule has 0 heterocycles. The largest absolute Gasteiger partial charge is 0.461 e. The lowest BCUT2D eigenvalue weighted by atomic mass is 10.0. The molecule has 0 bridgehead atoms. The molecule has 0 aromatic heterocycles. The monoisotopic (exact) mass is 286 g/mol. The molecule has 0 spiro atoms. The van der Waals surface area contributed by atoms with E-state index in [4.69, 9.17) is 9.29 Å². The second kappa shape index (κ2) is 6.68. The van der Waals surface area contributed by atoms with Crippen molar-refractivity contribution in [1.82, 2.24) is 0 Å². The fourth-order valence-corrected chi connectivity index (χ4v) is 1.87. The number of carbonyl (C=O) groups excluding carboxylic acids is 1. The van der Waals surface area contributed by atoms with Crippen LogP contribution in [-0.4, -0.2) is 31.3 Å². The molecule has 0 fully saturated rings. The third kappa shape index (κ3) is 6.35. The summed E-state index contributed by atoms with van der Waals surface area (Å²) < 4.78 is 34.2. The molecule has 1 aromatic carbocycles. The Balaban J connectivity index is 2.53. The van der Waals surface area contributed by atoms with Gasteiger partial charge in [-0.1, -0.05) is 26.0 Å². The van der Waals surface area contributed by atoms with E-state index in [0.29, 0.717) is 11.5 Å². The second-order valence-corrected chi connectivity index (χ2v) is 6.29. The molecule has 5 nitrogen and oxygen atoms in total. The quantitative estimate of drug-likeness (QED) is 0.638. The van der Waals surface area contributed by atoms with Crippen LogP contribution in [0.1, 0.15) is 29.8 Å². The zero-order valence-electron chi connectivity index (χ0n) is 11.0. The molecule has 6 heteroatoms. The van der Waals surface area contributed by atoms with Crippen LogP contribution < -0.4 is 0 Å². The summed E-state index contributed by atoms with van der Waals surface area (Å²) in [5, 5.41) is 0. The summed E-state index contributed by atoms with van der Waals surface area (Å²) in [6, 6.07) is 6.99. The van der Waals surface area contributed by atoms with Gasteiger partial charge in [0.15, 0.2) is 0 Å². The minimum atomic E-state index is -4.10. The number of hydrogen-bond acceptors (Lipinski definition) is 4. The zero-order chi connectivity index (χ0) is 14.5. The Kier molecular flexibility index (Phi) is 5.50. The SMILES string of the molecule is CC(C)Cc1ccc(C(=O)OCCS(=O)(=O)O)cc1. The third-order valence-electron chi connectivity index (χ3n) is 2.41. The lowest BCUT2D eigenvalue weighted by molar-refractivity contribution is 0.0528. The molecule has 0 saturated heterocycles. The van der Waals surface area contributed by atoms with E-state index in [1.54, 1.807) is 12.1 Å². The van der Waals surface area contributed by atoms with E-state index in [2.05, 4.69) is 13.8 Å². The fraction of sp³-hybridized carbons (Fsp3) is 0.462. The van der Waals surface area contributed by atoms with E-state index >= 15 is 0 Å². The molecule has 1 aromatic rings. The molecule has 0 radical (unpaired) electrons. The van der Waals surface area contributed by atoms with Gasteiger partial charge in [0.05, 0.1) is 5.56 Å². The molecule has 0 aliphatic rings. The van der Waals surface area contributed by atoms with Gasteiger partial charge >= 0.3 is 5.97 Å². The fourth-order valence-electron chi connectivity index (χ4n) is 1.57. The van der Waals surface area contributed by atoms with Crippen LogP contribution in [-0.2, 0) is 21.3 Å². The van der Waals surface area contributed by atoms with Crippen molar-refractivity contribution in [3.63, 3.8) is 0 Å². The van der Waals surface area contributed by atoms with Crippen molar-refractivity contribution in [3.05, 3.63) is 35.4 Å². The van der Waals surface area contributed by atoms with Crippen LogP contribution in [0.2, 0.25) is 0 Å². The maximum absolute atomic E-state index is 11.6. The van der Waals surface area contributed by atoms with Crippen molar-refractivity contribution < 1.29 is 22.5 Å². The molecule has 0 amide bonds. The maximum Gasteiger partial charge on any atom is 0.338 e. The van der Waals surface area contributed by atoms with Crippen LogP contribution >= 0.6 is 0 Å². The average molecular weight is 286 g/mol. The van der Waals surface area contributed by atoms with Crippen molar-refractivity contribution in [2.24, 2.45) is 5.92 Å². The first-order valence-electron chi connectivity index (χ1n) is 5.99. The summed E-state index contributed by atoms with van der Waals surface area (Å²) in [6.45, 7) is 3.86. The Morgan fingerprint density at radius 3 is 2.32 bits per heavy atom. The molecular weight excluding hydrogens is 268 g/mol. The van der Waals surface area contributed by atoms with Crippen LogP contribution in [0.25, 0.3) is 0 Å². The summed E-state index contributed by atoms with van der Waals surface area (Å²) in [4.78, 5) is 11.6. The van der Waals surface area contributed by atoms with Gasteiger partial charge in [0.1, 0.15) is 12.4 Å². The number of carbonyl (C=O) groups is 1. The van der Waals surface area contributed by atoms with E-state index in [0.717, 1.165) is 12.0 Å². The van der Waals surface area contributed by atoms with Gasteiger partial charge < -0.3 is 4.74 Å². The molecule has 106 valence electrons. The van der Waals surface area contributed by atoms with E-state index in [9.17, 15) is 13.2 Å². The van der Waals surface area contributed by atoms with Gasteiger partial charge in [0.2, 0.25) is 0 Å². The Labute approximate surface area is 113 Å². The number of esters is 1. The van der Waals surface area contributed by atoms with Crippen molar-refractivity contribution in [1.29, 1.82) is 0 Å². The van der Waals surface area contributed by atoms with E-state index in [1.807, 2.05) is 12.1 Å². The maximum atomic E-state index is 11.6. The number of rotatable bonds is 6. The van der Waals surface area contributed by atoms with Gasteiger partial charge in [-0.25, -0.2) is 4.79 Å². The molecule has 0 unspecified atom stereocenters. The van der Waals surface area contributed by atoms with Crippen molar-refractivity contribution in [2.45, 2.75) is 20.3 Å². The van der Waals surface area contributed by atoms with Crippen molar-refractivity contribution >= 4 is 16.1 Å². The molecule has 19 heavy (non-hydrogen) atoms. The normalized spacial score (nSPS) is 11.6. The highest BCUT2D eigenvalue weighted by atomic mass is 32.2. The predicted octanol–water partition coefficient (Wildman–Crippen LogP) is 1.93. The standard InChI is InChI=1S/C13H18O5S/c1-10(2)9-11-3-5-12(6-4-11)13(14)18-7-8-19(15,16)17/h3-6,10H,7-9H2,1-2H3,(H,15,16,17). The molecule has 1 rings (SSSR count). The molecule has 0 aliphatic heterocycles. The smallest absolute Gasteiger partial charge is 0.338 e. The minimum Gasteiger partial charge on any atom is -0.461 e. The molecule has 0 atom stereocenters. The average Bonchev–Trinajstić information content (AvgIpc) is 2.27. The summed E-state index contributed by atoms with van der Waals surface area (Å²) in [5.41, 5.74) is 1.49. The molecular formula is C13H18O5S. The van der Waals surface area contributed by atoms with Crippen molar-refractivity contribution in [2.75, 3.05) is 12.4 Å². The number of ether oxygens (including phenoxy) is 1. The highest BCUT2D eigenvalue weighted by Crippen LogP contribution is 2.10. The third-order valence-corrected chi connectivity index (χ3v) is 3.09. The molecule has 0 aliphatic carbocycles. The number of hydrogen-bond donors (Lipinski definition) is 1. The van der Waals surface area contributed by atoms with Crippen molar-refractivity contribution in [3.8, 4) is 0 Å². The van der Waals surface area contributed by atoms with E-state index < -0.39 is 21.8 Å². The van der Waals surface area contributed by atoms with Crippen LogP contribution in [0, 0.1) is 5.92 Å². The van der Waals surface area contributed by atoms with E-state index in [1.165, 1.54) is 0 Å². The first-order chi connectivity index (χ1) is 8.78.